The third kappa shape index (κ3) is 5.54. The first kappa shape index (κ1) is 14.1. The van der Waals surface area contributed by atoms with E-state index in [2.05, 4.69) is 11.9 Å². The van der Waals surface area contributed by atoms with E-state index in [1.807, 2.05) is 13.8 Å². The maximum atomic E-state index is 10.4. The van der Waals surface area contributed by atoms with Crippen molar-refractivity contribution in [1.82, 2.24) is 5.32 Å². The van der Waals surface area contributed by atoms with Crippen LogP contribution in [0.4, 0.5) is 0 Å². The first-order valence-electron chi connectivity index (χ1n) is 5.32. The minimum Gasteiger partial charge on any atom is -0.478 e. The predicted octanol–water partition coefficient (Wildman–Crippen LogP) is 1.01. The number of hydrogen-bond acceptors (Lipinski definition) is 3. The number of rotatable bonds is 8. The minimum atomic E-state index is -1.00. The average molecular weight is 215 g/mol. The molecule has 0 aromatic heterocycles. The Balaban J connectivity index is 3.76. The van der Waals surface area contributed by atoms with Gasteiger partial charge in [0.1, 0.15) is 0 Å². The van der Waals surface area contributed by atoms with Crippen LogP contribution in [0.3, 0.4) is 0 Å². The molecule has 0 aromatic rings. The molecule has 0 spiro atoms. The molecule has 0 saturated carbocycles. The second-order valence-corrected chi connectivity index (χ2v) is 3.68. The molecule has 0 rings (SSSR count). The van der Waals surface area contributed by atoms with Gasteiger partial charge in [0.05, 0.1) is 6.10 Å². The normalized spacial score (nSPS) is 12.8. The van der Waals surface area contributed by atoms with Gasteiger partial charge in [-0.1, -0.05) is 33.3 Å². The van der Waals surface area contributed by atoms with E-state index < -0.39 is 12.1 Å². The van der Waals surface area contributed by atoms with Crippen LogP contribution in [0.1, 0.15) is 26.7 Å². The van der Waals surface area contributed by atoms with Gasteiger partial charge >= 0.3 is 5.97 Å². The molecule has 4 nitrogen and oxygen atoms in total. The lowest BCUT2D eigenvalue weighted by Gasteiger charge is -2.20. The fourth-order valence-corrected chi connectivity index (χ4v) is 1.45. The van der Waals surface area contributed by atoms with E-state index in [1.54, 1.807) is 0 Å². The molecule has 0 amide bonds. The lowest BCUT2D eigenvalue weighted by atomic mass is 9.96. The molecular weight excluding hydrogens is 194 g/mol. The largest absolute Gasteiger partial charge is 0.478 e. The van der Waals surface area contributed by atoms with E-state index in [9.17, 15) is 9.90 Å². The van der Waals surface area contributed by atoms with Gasteiger partial charge < -0.3 is 15.5 Å². The maximum absolute atomic E-state index is 10.4. The summed E-state index contributed by atoms with van der Waals surface area (Å²) in [6.45, 7) is 8.09. The zero-order valence-electron chi connectivity index (χ0n) is 9.49. The highest BCUT2D eigenvalue weighted by atomic mass is 16.4. The zero-order chi connectivity index (χ0) is 11.8. The van der Waals surface area contributed by atoms with Gasteiger partial charge in [0.25, 0.3) is 0 Å². The highest BCUT2D eigenvalue weighted by Gasteiger charge is 2.15. The van der Waals surface area contributed by atoms with Gasteiger partial charge in [-0.3, -0.25) is 0 Å². The van der Waals surface area contributed by atoms with E-state index in [4.69, 9.17) is 5.11 Å². The predicted molar refractivity (Wildman–Crippen MR) is 59.7 cm³/mol. The summed E-state index contributed by atoms with van der Waals surface area (Å²) in [6.07, 6.45) is 1.44. The van der Waals surface area contributed by atoms with Crippen LogP contribution < -0.4 is 5.32 Å². The van der Waals surface area contributed by atoms with E-state index in [1.165, 1.54) is 0 Å². The van der Waals surface area contributed by atoms with Gasteiger partial charge in [0, 0.05) is 18.7 Å². The lowest BCUT2D eigenvalue weighted by molar-refractivity contribution is -0.132. The van der Waals surface area contributed by atoms with Crippen molar-refractivity contribution in [3.8, 4) is 0 Å². The zero-order valence-corrected chi connectivity index (χ0v) is 9.49. The molecule has 1 atom stereocenters. The maximum Gasteiger partial charge on any atom is 0.332 e. The van der Waals surface area contributed by atoms with Crippen molar-refractivity contribution >= 4 is 5.97 Å². The molecule has 0 saturated heterocycles. The van der Waals surface area contributed by atoms with Crippen LogP contribution in [0.25, 0.3) is 0 Å². The van der Waals surface area contributed by atoms with E-state index in [-0.39, 0.29) is 18.0 Å². The molecular formula is C11H21NO3. The number of carbonyl (C=O) groups is 1. The fourth-order valence-electron chi connectivity index (χ4n) is 1.45. The third-order valence-electron chi connectivity index (χ3n) is 2.59. The van der Waals surface area contributed by atoms with Crippen LogP contribution in [-0.4, -0.2) is 35.4 Å². The number of nitrogens with one attached hydrogen (secondary N) is 1. The van der Waals surface area contributed by atoms with Gasteiger partial charge in [-0.25, -0.2) is 4.79 Å². The Morgan fingerprint density at radius 3 is 2.33 bits per heavy atom. The molecule has 0 heterocycles. The number of aliphatic carboxylic acids is 1. The van der Waals surface area contributed by atoms with Crippen molar-refractivity contribution in [2.75, 3.05) is 13.1 Å². The third-order valence-corrected chi connectivity index (χ3v) is 2.59. The van der Waals surface area contributed by atoms with Gasteiger partial charge in [-0.15, -0.1) is 0 Å². The summed E-state index contributed by atoms with van der Waals surface area (Å²) in [7, 11) is 0. The van der Waals surface area contributed by atoms with E-state index >= 15 is 0 Å². The van der Waals surface area contributed by atoms with Crippen molar-refractivity contribution in [2.24, 2.45) is 5.92 Å². The molecule has 0 aliphatic rings. The smallest absolute Gasteiger partial charge is 0.332 e. The molecule has 1 unspecified atom stereocenters. The second kappa shape index (κ2) is 7.43. The molecule has 0 bridgehead atoms. The Bertz CT molecular complexity index is 212. The molecule has 88 valence electrons. The highest BCUT2D eigenvalue weighted by Crippen LogP contribution is 2.12. The summed E-state index contributed by atoms with van der Waals surface area (Å²) in [5, 5.41) is 21.2. The average Bonchev–Trinajstić information content (AvgIpc) is 2.19. The molecule has 0 aromatic carbocycles. The first-order valence-corrected chi connectivity index (χ1v) is 5.32. The summed E-state index contributed by atoms with van der Waals surface area (Å²) in [5.41, 5.74) is 0.117. The van der Waals surface area contributed by atoms with Crippen molar-refractivity contribution < 1.29 is 15.0 Å². The Kier molecular flexibility index (Phi) is 6.99. The van der Waals surface area contributed by atoms with E-state index in [0.717, 1.165) is 12.8 Å². The molecule has 0 aliphatic heterocycles. The lowest BCUT2D eigenvalue weighted by Crippen LogP contribution is -2.34. The van der Waals surface area contributed by atoms with Crippen molar-refractivity contribution in [3.05, 3.63) is 12.2 Å². The molecule has 4 heteroatoms. The van der Waals surface area contributed by atoms with Crippen LogP contribution in [0.5, 0.6) is 0 Å². The summed E-state index contributed by atoms with van der Waals surface area (Å²) in [5.74, 6) is -0.727. The Labute approximate surface area is 91.0 Å². The van der Waals surface area contributed by atoms with Crippen LogP contribution >= 0.6 is 0 Å². The Hall–Kier alpha value is -0.870. The SMILES string of the molecule is C=C(CNCC(O)C(CC)CC)C(=O)O. The molecule has 3 N–H and O–H groups in total. The van der Waals surface area contributed by atoms with Crippen LogP contribution in [-0.2, 0) is 4.79 Å². The number of carboxylic acids is 1. The van der Waals surface area contributed by atoms with Gasteiger partial charge in [-0.2, -0.15) is 0 Å². The molecule has 0 radical (unpaired) electrons. The summed E-state index contributed by atoms with van der Waals surface area (Å²) < 4.78 is 0. The molecule has 15 heavy (non-hydrogen) atoms. The van der Waals surface area contributed by atoms with Crippen molar-refractivity contribution in [1.29, 1.82) is 0 Å². The summed E-state index contributed by atoms with van der Waals surface area (Å²) >= 11 is 0. The van der Waals surface area contributed by atoms with Gasteiger partial charge in [0.2, 0.25) is 0 Å². The molecule has 0 fully saturated rings. The first-order chi connectivity index (χ1) is 7.02. The van der Waals surface area contributed by atoms with Crippen LogP contribution in [0.15, 0.2) is 12.2 Å². The molecule has 0 aliphatic carbocycles. The summed E-state index contributed by atoms with van der Waals surface area (Å²) in [6, 6.07) is 0. The monoisotopic (exact) mass is 215 g/mol. The minimum absolute atomic E-state index is 0.117. The highest BCUT2D eigenvalue weighted by molar-refractivity contribution is 5.86. The quantitative estimate of drug-likeness (QED) is 0.529. The number of hydrogen-bond donors (Lipinski definition) is 3. The standard InChI is InChI=1S/C11H21NO3/c1-4-9(5-2)10(13)7-12-6-8(3)11(14)15/h9-10,12-13H,3-7H2,1-2H3,(H,14,15). The number of aliphatic hydroxyl groups excluding tert-OH is 1. The second-order valence-electron chi connectivity index (χ2n) is 3.68. The topological polar surface area (TPSA) is 69.6 Å². The van der Waals surface area contributed by atoms with Crippen molar-refractivity contribution in [2.45, 2.75) is 32.8 Å². The van der Waals surface area contributed by atoms with Crippen LogP contribution in [0.2, 0.25) is 0 Å². The van der Waals surface area contributed by atoms with Gasteiger partial charge in [0.15, 0.2) is 0 Å². The van der Waals surface area contributed by atoms with Crippen molar-refractivity contribution in [3.63, 3.8) is 0 Å². The number of aliphatic hydroxyl groups is 1. The van der Waals surface area contributed by atoms with Gasteiger partial charge in [-0.05, 0) is 5.92 Å². The van der Waals surface area contributed by atoms with E-state index in [0.29, 0.717) is 6.54 Å². The number of carboxylic acid groups (broad SMARTS) is 1. The van der Waals surface area contributed by atoms with Crippen LogP contribution in [0, 0.1) is 5.92 Å². The Morgan fingerprint density at radius 2 is 1.93 bits per heavy atom. The fraction of sp³-hybridized carbons (Fsp3) is 0.727. The Morgan fingerprint density at radius 1 is 1.40 bits per heavy atom. The summed E-state index contributed by atoms with van der Waals surface area (Å²) in [4.78, 5) is 10.4.